The first-order valence-corrected chi connectivity index (χ1v) is 8.66. The number of carbonyl (C=O) groups is 2. The smallest absolute Gasteiger partial charge is 0.326 e. The van der Waals surface area contributed by atoms with Crippen LogP contribution in [0.25, 0.3) is 0 Å². The third kappa shape index (κ3) is 3.41. The molecule has 0 radical (unpaired) electrons. The lowest BCUT2D eigenvalue weighted by Gasteiger charge is -2.36. The fourth-order valence-electron chi connectivity index (χ4n) is 4.11. The van der Waals surface area contributed by atoms with Crippen molar-refractivity contribution in [1.82, 2.24) is 4.90 Å². The number of hydrogen-bond acceptors (Lipinski definition) is 2. The second kappa shape index (κ2) is 6.73. The Morgan fingerprint density at radius 1 is 1.22 bits per heavy atom. The summed E-state index contributed by atoms with van der Waals surface area (Å²) >= 11 is 0. The highest BCUT2D eigenvalue weighted by molar-refractivity contribution is 5.85. The molecule has 1 aromatic rings. The van der Waals surface area contributed by atoms with Crippen molar-refractivity contribution in [3.63, 3.8) is 0 Å². The van der Waals surface area contributed by atoms with Crippen LogP contribution in [-0.2, 0) is 22.6 Å². The first-order valence-electron chi connectivity index (χ1n) is 8.66. The molecule has 1 N–H and O–H groups in total. The van der Waals surface area contributed by atoms with Crippen molar-refractivity contribution in [2.24, 2.45) is 11.8 Å². The molecule has 1 fully saturated rings. The van der Waals surface area contributed by atoms with Crippen molar-refractivity contribution in [3.8, 4) is 0 Å². The van der Waals surface area contributed by atoms with E-state index in [-0.39, 0.29) is 11.8 Å². The molecule has 2 unspecified atom stereocenters. The van der Waals surface area contributed by atoms with Gasteiger partial charge < -0.3 is 10.0 Å². The number of hydrogen-bond donors (Lipinski definition) is 1. The molecule has 0 bridgehead atoms. The molecule has 2 atom stereocenters. The predicted octanol–water partition coefficient (Wildman–Crippen LogP) is 3.24. The molecular formula is C19H25NO3. The number of aliphatic carboxylic acids is 1. The van der Waals surface area contributed by atoms with E-state index in [0.29, 0.717) is 18.9 Å². The maximum atomic E-state index is 12.9. The Labute approximate surface area is 137 Å². The summed E-state index contributed by atoms with van der Waals surface area (Å²) in [5, 5.41) is 9.56. The minimum absolute atomic E-state index is 0.00111. The monoisotopic (exact) mass is 315 g/mol. The number of carboxylic acids is 1. The number of benzene rings is 1. The van der Waals surface area contributed by atoms with Gasteiger partial charge in [0.15, 0.2) is 0 Å². The Kier molecular flexibility index (Phi) is 4.69. The van der Waals surface area contributed by atoms with Crippen LogP contribution in [0, 0.1) is 11.8 Å². The van der Waals surface area contributed by atoms with E-state index >= 15 is 0 Å². The van der Waals surface area contributed by atoms with Gasteiger partial charge in [-0.05, 0) is 23.5 Å². The molecule has 1 amide bonds. The number of amides is 1. The van der Waals surface area contributed by atoms with E-state index in [1.54, 1.807) is 4.90 Å². The van der Waals surface area contributed by atoms with Gasteiger partial charge in [-0.2, -0.15) is 0 Å². The molecule has 4 nitrogen and oxygen atoms in total. The number of rotatable bonds is 4. The standard InChI is InChI=1S/C19H25NO3/c1-13(10-14-6-2-3-7-14)18(21)20-12-16-9-5-4-8-15(16)11-17(20)19(22)23/h4-5,8-9,13-14,17H,2-3,6-7,10-12H2,1H3,(H,22,23). The fraction of sp³-hybridized carbons (Fsp3) is 0.579. The van der Waals surface area contributed by atoms with E-state index in [2.05, 4.69) is 0 Å². The highest BCUT2D eigenvalue weighted by Gasteiger charge is 2.36. The number of nitrogens with zero attached hydrogens (tertiary/aromatic N) is 1. The summed E-state index contributed by atoms with van der Waals surface area (Å²) in [5.41, 5.74) is 2.12. The molecule has 1 aliphatic heterocycles. The minimum atomic E-state index is -0.902. The molecule has 0 saturated heterocycles. The SMILES string of the molecule is CC(CC1CCCC1)C(=O)N1Cc2ccccc2CC1C(=O)O. The normalized spacial score (nSPS) is 22.7. The predicted molar refractivity (Wildman–Crippen MR) is 87.9 cm³/mol. The highest BCUT2D eigenvalue weighted by atomic mass is 16.4. The van der Waals surface area contributed by atoms with Crippen LogP contribution in [0.2, 0.25) is 0 Å². The lowest BCUT2D eigenvalue weighted by Crippen LogP contribution is -2.50. The van der Waals surface area contributed by atoms with Crippen molar-refractivity contribution < 1.29 is 14.7 Å². The summed E-state index contributed by atoms with van der Waals surface area (Å²) in [5.74, 6) is -0.362. The average molecular weight is 315 g/mol. The van der Waals surface area contributed by atoms with E-state index in [1.165, 1.54) is 25.7 Å². The van der Waals surface area contributed by atoms with Gasteiger partial charge in [0.1, 0.15) is 6.04 Å². The number of fused-ring (bicyclic) bond motifs is 1. The zero-order valence-corrected chi connectivity index (χ0v) is 13.7. The lowest BCUT2D eigenvalue weighted by atomic mass is 9.90. The number of carboxylic acid groups (broad SMARTS) is 1. The first kappa shape index (κ1) is 16.0. The molecule has 1 aromatic carbocycles. The Hall–Kier alpha value is -1.84. The summed E-state index contributed by atoms with van der Waals surface area (Å²) in [7, 11) is 0. The summed E-state index contributed by atoms with van der Waals surface area (Å²) in [4.78, 5) is 26.1. The third-order valence-corrected chi connectivity index (χ3v) is 5.40. The van der Waals surface area contributed by atoms with E-state index in [0.717, 1.165) is 17.5 Å². The van der Waals surface area contributed by atoms with Crippen LogP contribution in [-0.4, -0.2) is 27.9 Å². The van der Waals surface area contributed by atoms with Crippen molar-refractivity contribution in [3.05, 3.63) is 35.4 Å². The van der Waals surface area contributed by atoms with E-state index in [4.69, 9.17) is 0 Å². The van der Waals surface area contributed by atoms with Crippen molar-refractivity contribution in [2.45, 2.75) is 58.0 Å². The van der Waals surface area contributed by atoms with E-state index in [1.807, 2.05) is 31.2 Å². The Balaban J connectivity index is 1.75. The van der Waals surface area contributed by atoms with Crippen molar-refractivity contribution in [2.75, 3.05) is 0 Å². The van der Waals surface area contributed by atoms with Gasteiger partial charge >= 0.3 is 5.97 Å². The fourth-order valence-corrected chi connectivity index (χ4v) is 4.11. The zero-order chi connectivity index (χ0) is 16.4. The minimum Gasteiger partial charge on any atom is -0.480 e. The lowest BCUT2D eigenvalue weighted by molar-refractivity contribution is -0.153. The summed E-state index contributed by atoms with van der Waals surface area (Å²) in [6, 6.07) is 7.11. The third-order valence-electron chi connectivity index (χ3n) is 5.40. The first-order chi connectivity index (χ1) is 11.1. The molecule has 1 aliphatic carbocycles. The summed E-state index contributed by atoms with van der Waals surface area (Å²) < 4.78 is 0. The summed E-state index contributed by atoms with van der Waals surface area (Å²) in [6.45, 7) is 2.38. The van der Waals surface area contributed by atoms with Gasteiger partial charge in [-0.25, -0.2) is 4.79 Å². The average Bonchev–Trinajstić information content (AvgIpc) is 3.05. The maximum Gasteiger partial charge on any atom is 0.326 e. The van der Waals surface area contributed by atoms with Crippen LogP contribution in [0.4, 0.5) is 0 Å². The maximum absolute atomic E-state index is 12.9. The molecule has 4 heteroatoms. The molecule has 1 heterocycles. The van der Waals surface area contributed by atoms with Gasteiger partial charge in [-0.15, -0.1) is 0 Å². The molecule has 1 saturated carbocycles. The Bertz CT molecular complexity index is 592. The number of carbonyl (C=O) groups excluding carboxylic acids is 1. The molecule has 2 aliphatic rings. The Morgan fingerprint density at radius 2 is 1.87 bits per heavy atom. The topological polar surface area (TPSA) is 57.6 Å². The van der Waals surface area contributed by atoms with Gasteiger partial charge in [-0.3, -0.25) is 4.79 Å². The van der Waals surface area contributed by atoms with E-state index < -0.39 is 12.0 Å². The van der Waals surface area contributed by atoms with Crippen LogP contribution in [0.3, 0.4) is 0 Å². The van der Waals surface area contributed by atoms with Crippen LogP contribution in [0.5, 0.6) is 0 Å². The van der Waals surface area contributed by atoms with Crippen LogP contribution in [0.15, 0.2) is 24.3 Å². The largest absolute Gasteiger partial charge is 0.480 e. The van der Waals surface area contributed by atoms with Gasteiger partial charge in [0.2, 0.25) is 5.91 Å². The van der Waals surface area contributed by atoms with Gasteiger partial charge in [0.05, 0.1) is 0 Å². The van der Waals surface area contributed by atoms with Crippen molar-refractivity contribution >= 4 is 11.9 Å². The molecule has 3 rings (SSSR count). The Morgan fingerprint density at radius 3 is 2.52 bits per heavy atom. The van der Waals surface area contributed by atoms with Crippen LogP contribution >= 0.6 is 0 Å². The molecule has 124 valence electrons. The molecule has 0 spiro atoms. The zero-order valence-electron chi connectivity index (χ0n) is 13.7. The molecule has 0 aromatic heterocycles. The van der Waals surface area contributed by atoms with Crippen molar-refractivity contribution in [1.29, 1.82) is 0 Å². The second-order valence-corrected chi connectivity index (χ2v) is 7.08. The van der Waals surface area contributed by atoms with Gasteiger partial charge in [0, 0.05) is 18.9 Å². The van der Waals surface area contributed by atoms with Gasteiger partial charge in [0.25, 0.3) is 0 Å². The molecule has 23 heavy (non-hydrogen) atoms. The quantitative estimate of drug-likeness (QED) is 0.928. The van der Waals surface area contributed by atoms with Crippen LogP contribution < -0.4 is 0 Å². The van der Waals surface area contributed by atoms with Gasteiger partial charge in [-0.1, -0.05) is 56.9 Å². The van der Waals surface area contributed by atoms with Crippen LogP contribution in [0.1, 0.15) is 50.2 Å². The second-order valence-electron chi connectivity index (χ2n) is 7.08. The highest BCUT2D eigenvalue weighted by Crippen LogP contribution is 2.32. The van der Waals surface area contributed by atoms with E-state index in [9.17, 15) is 14.7 Å². The molecular weight excluding hydrogens is 290 g/mol. The summed E-state index contributed by atoms with van der Waals surface area (Å²) in [6.07, 6.45) is 6.25.